The van der Waals surface area contributed by atoms with Gasteiger partial charge in [-0.05, 0) is 25.1 Å². The Morgan fingerprint density at radius 1 is 1.43 bits per heavy atom. The van der Waals surface area contributed by atoms with Crippen LogP contribution in [-0.2, 0) is 0 Å². The highest BCUT2D eigenvalue weighted by atomic mass is 16.1. The summed E-state index contributed by atoms with van der Waals surface area (Å²) >= 11 is 0. The van der Waals surface area contributed by atoms with Crippen LogP contribution < -0.4 is 11.4 Å². The van der Waals surface area contributed by atoms with Gasteiger partial charge < -0.3 is 10.7 Å². The molecule has 1 heterocycles. The fourth-order valence-electron chi connectivity index (χ4n) is 1.44. The van der Waals surface area contributed by atoms with Crippen LogP contribution in [0, 0.1) is 6.92 Å². The molecule has 0 amide bonds. The number of hydrogen-bond donors (Lipinski definition) is 2. The average molecular weight is 189 g/mol. The fraction of sp³-hybridized carbons (Fsp3) is 0.100. The van der Waals surface area contributed by atoms with Crippen molar-refractivity contribution in [1.82, 2.24) is 9.55 Å². The Hall–Kier alpha value is -1.97. The molecule has 2 aromatic rings. The number of aromatic amines is 1. The van der Waals surface area contributed by atoms with Crippen LogP contribution in [0.5, 0.6) is 0 Å². The van der Waals surface area contributed by atoms with E-state index >= 15 is 0 Å². The summed E-state index contributed by atoms with van der Waals surface area (Å²) in [7, 11) is 0. The summed E-state index contributed by atoms with van der Waals surface area (Å²) in [5, 5.41) is 0. The molecule has 0 aliphatic rings. The molecule has 0 fully saturated rings. The number of imidazole rings is 1. The monoisotopic (exact) mass is 189 g/mol. The molecule has 0 spiro atoms. The van der Waals surface area contributed by atoms with Gasteiger partial charge in [-0.15, -0.1) is 0 Å². The largest absolute Gasteiger partial charge is 0.399 e. The van der Waals surface area contributed by atoms with Gasteiger partial charge in [-0.1, -0.05) is 6.07 Å². The van der Waals surface area contributed by atoms with Gasteiger partial charge in [0.25, 0.3) is 0 Å². The van der Waals surface area contributed by atoms with Gasteiger partial charge in [0.1, 0.15) is 0 Å². The maximum absolute atomic E-state index is 11.4. The van der Waals surface area contributed by atoms with Crippen LogP contribution in [0.15, 0.2) is 35.3 Å². The Morgan fingerprint density at radius 2 is 2.21 bits per heavy atom. The zero-order valence-electron chi connectivity index (χ0n) is 7.82. The maximum Gasteiger partial charge on any atom is 0.330 e. The molecule has 0 saturated carbocycles. The Labute approximate surface area is 81.0 Å². The van der Waals surface area contributed by atoms with Crippen molar-refractivity contribution in [2.24, 2.45) is 0 Å². The Kier molecular flexibility index (Phi) is 1.89. The number of hydrogen-bond acceptors (Lipinski definition) is 2. The molecule has 0 radical (unpaired) electrons. The third-order valence-electron chi connectivity index (χ3n) is 2.09. The quantitative estimate of drug-likeness (QED) is 0.659. The number of aromatic nitrogens is 2. The highest BCUT2D eigenvalue weighted by Gasteiger charge is 2.03. The standard InChI is InChI=1S/C10H11N3O/c1-7-6-12-10(14)13(7)9-4-2-3-8(11)5-9/h2-6H,11H2,1H3,(H,12,14). The predicted molar refractivity (Wildman–Crippen MR) is 55.5 cm³/mol. The van der Waals surface area contributed by atoms with Crippen molar-refractivity contribution in [2.45, 2.75) is 6.92 Å². The highest BCUT2D eigenvalue weighted by Crippen LogP contribution is 2.11. The third kappa shape index (κ3) is 1.31. The third-order valence-corrected chi connectivity index (χ3v) is 2.09. The van der Waals surface area contributed by atoms with E-state index in [9.17, 15) is 4.79 Å². The van der Waals surface area contributed by atoms with E-state index in [2.05, 4.69) is 4.98 Å². The van der Waals surface area contributed by atoms with Crippen LogP contribution in [0.25, 0.3) is 5.69 Å². The minimum Gasteiger partial charge on any atom is -0.399 e. The SMILES string of the molecule is Cc1c[nH]c(=O)n1-c1cccc(N)c1. The molecule has 1 aromatic carbocycles. The smallest absolute Gasteiger partial charge is 0.330 e. The molecule has 0 bridgehead atoms. The summed E-state index contributed by atoms with van der Waals surface area (Å²) < 4.78 is 1.58. The van der Waals surface area contributed by atoms with Crippen LogP contribution in [0.3, 0.4) is 0 Å². The molecule has 3 N–H and O–H groups in total. The van der Waals surface area contributed by atoms with Gasteiger partial charge in [0.2, 0.25) is 0 Å². The number of anilines is 1. The Bertz CT molecular complexity index is 510. The molecule has 0 aliphatic heterocycles. The second-order valence-corrected chi connectivity index (χ2v) is 3.17. The molecule has 0 unspecified atom stereocenters. The number of aryl methyl sites for hydroxylation is 1. The molecule has 0 aliphatic carbocycles. The number of nitrogens with zero attached hydrogens (tertiary/aromatic N) is 1. The van der Waals surface area contributed by atoms with E-state index in [1.54, 1.807) is 22.9 Å². The van der Waals surface area contributed by atoms with Crippen molar-refractivity contribution in [3.8, 4) is 5.69 Å². The molecular weight excluding hydrogens is 178 g/mol. The molecule has 72 valence electrons. The summed E-state index contributed by atoms with van der Waals surface area (Å²) in [6, 6.07) is 7.22. The van der Waals surface area contributed by atoms with Gasteiger partial charge in [0.05, 0.1) is 5.69 Å². The number of benzene rings is 1. The maximum atomic E-state index is 11.4. The Balaban J connectivity index is 2.66. The number of rotatable bonds is 1. The molecule has 14 heavy (non-hydrogen) atoms. The van der Waals surface area contributed by atoms with E-state index in [1.165, 1.54) is 0 Å². The van der Waals surface area contributed by atoms with E-state index in [0.717, 1.165) is 11.4 Å². The van der Waals surface area contributed by atoms with Crippen molar-refractivity contribution >= 4 is 5.69 Å². The van der Waals surface area contributed by atoms with Crippen LogP contribution in [0.1, 0.15) is 5.69 Å². The van der Waals surface area contributed by atoms with E-state index in [0.29, 0.717) is 5.69 Å². The van der Waals surface area contributed by atoms with Gasteiger partial charge in [0, 0.05) is 17.6 Å². The van der Waals surface area contributed by atoms with Crippen molar-refractivity contribution in [2.75, 3.05) is 5.73 Å². The van der Waals surface area contributed by atoms with E-state index in [4.69, 9.17) is 5.73 Å². The van der Waals surface area contributed by atoms with Gasteiger partial charge >= 0.3 is 5.69 Å². The minimum atomic E-state index is -0.145. The first kappa shape index (κ1) is 8.62. The molecule has 2 rings (SSSR count). The molecule has 0 atom stereocenters. The molecule has 4 nitrogen and oxygen atoms in total. The summed E-state index contributed by atoms with van der Waals surface area (Å²) in [5.41, 5.74) is 7.79. The molecule has 0 saturated heterocycles. The zero-order chi connectivity index (χ0) is 10.1. The van der Waals surface area contributed by atoms with Crippen molar-refractivity contribution in [1.29, 1.82) is 0 Å². The average Bonchev–Trinajstić information content (AvgIpc) is 2.46. The lowest BCUT2D eigenvalue weighted by molar-refractivity contribution is 0.950. The topological polar surface area (TPSA) is 63.8 Å². The van der Waals surface area contributed by atoms with Crippen LogP contribution in [0.2, 0.25) is 0 Å². The lowest BCUT2D eigenvalue weighted by Gasteiger charge is -2.04. The van der Waals surface area contributed by atoms with Crippen LogP contribution in [0.4, 0.5) is 5.69 Å². The number of nitrogen functional groups attached to an aromatic ring is 1. The van der Waals surface area contributed by atoms with Crippen molar-refractivity contribution < 1.29 is 0 Å². The normalized spacial score (nSPS) is 10.4. The second-order valence-electron chi connectivity index (χ2n) is 3.17. The molecular formula is C10H11N3O. The highest BCUT2D eigenvalue weighted by molar-refractivity contribution is 5.47. The lowest BCUT2D eigenvalue weighted by atomic mass is 10.3. The van der Waals surface area contributed by atoms with Gasteiger partial charge in [-0.3, -0.25) is 4.57 Å². The summed E-state index contributed by atoms with van der Waals surface area (Å²) in [6.45, 7) is 1.86. The molecule has 4 heteroatoms. The second kappa shape index (κ2) is 3.06. The van der Waals surface area contributed by atoms with Crippen molar-refractivity contribution in [3.05, 3.63) is 46.6 Å². The Morgan fingerprint density at radius 3 is 2.79 bits per heavy atom. The number of nitrogens with two attached hydrogens (primary N) is 1. The first-order chi connectivity index (χ1) is 6.68. The lowest BCUT2D eigenvalue weighted by Crippen LogP contribution is -2.15. The predicted octanol–water partition coefficient (Wildman–Crippen LogP) is 1.06. The van der Waals surface area contributed by atoms with Gasteiger partial charge in [-0.25, -0.2) is 4.79 Å². The minimum absolute atomic E-state index is 0.145. The summed E-state index contributed by atoms with van der Waals surface area (Å²) in [5.74, 6) is 0. The van der Waals surface area contributed by atoms with Crippen LogP contribution in [-0.4, -0.2) is 9.55 Å². The number of nitrogens with one attached hydrogen (secondary N) is 1. The van der Waals surface area contributed by atoms with E-state index in [-0.39, 0.29) is 5.69 Å². The van der Waals surface area contributed by atoms with Gasteiger partial charge in [-0.2, -0.15) is 0 Å². The first-order valence-electron chi connectivity index (χ1n) is 4.31. The zero-order valence-corrected chi connectivity index (χ0v) is 7.82. The van der Waals surface area contributed by atoms with E-state index in [1.807, 2.05) is 19.1 Å². The van der Waals surface area contributed by atoms with Crippen molar-refractivity contribution in [3.63, 3.8) is 0 Å². The van der Waals surface area contributed by atoms with Gasteiger partial charge in [0.15, 0.2) is 0 Å². The number of H-pyrrole nitrogens is 1. The van der Waals surface area contributed by atoms with Crippen LogP contribution >= 0.6 is 0 Å². The summed E-state index contributed by atoms with van der Waals surface area (Å²) in [6.07, 6.45) is 1.67. The fourth-order valence-corrected chi connectivity index (χ4v) is 1.44. The molecule has 1 aromatic heterocycles. The van der Waals surface area contributed by atoms with E-state index < -0.39 is 0 Å². The first-order valence-corrected chi connectivity index (χ1v) is 4.31. The summed E-state index contributed by atoms with van der Waals surface area (Å²) in [4.78, 5) is 14.0.